The van der Waals surface area contributed by atoms with Crippen molar-refractivity contribution in [1.82, 2.24) is 9.55 Å². The van der Waals surface area contributed by atoms with Gasteiger partial charge in [-0.05, 0) is 48.4 Å². The topological polar surface area (TPSA) is 82.8 Å². The quantitative estimate of drug-likeness (QED) is 0.524. The van der Waals surface area contributed by atoms with Crippen LogP contribution >= 0.6 is 0 Å². The largest absolute Gasteiger partial charge is 0.493 e. The van der Waals surface area contributed by atoms with Gasteiger partial charge in [0.1, 0.15) is 19.5 Å². The van der Waals surface area contributed by atoms with Crippen LogP contribution in [0.25, 0.3) is 5.69 Å². The smallest absolute Gasteiger partial charge is 0.261 e. The van der Waals surface area contributed by atoms with Gasteiger partial charge in [-0.2, -0.15) is 0 Å². The van der Waals surface area contributed by atoms with Crippen LogP contribution in [-0.4, -0.2) is 34.5 Å². The second-order valence-corrected chi connectivity index (χ2v) is 7.95. The van der Waals surface area contributed by atoms with E-state index in [0.29, 0.717) is 29.7 Å². The Bertz CT molecular complexity index is 1110. The Balaban J connectivity index is 1.43. The highest BCUT2D eigenvalue weighted by molar-refractivity contribution is 5.49. The van der Waals surface area contributed by atoms with Gasteiger partial charge in [0.05, 0.1) is 25.0 Å². The summed E-state index contributed by atoms with van der Waals surface area (Å²) in [7, 11) is 1.54. The van der Waals surface area contributed by atoms with Crippen molar-refractivity contribution in [1.29, 1.82) is 0 Å². The summed E-state index contributed by atoms with van der Waals surface area (Å²) in [6, 6.07) is 14.7. The molecule has 1 fully saturated rings. The van der Waals surface area contributed by atoms with E-state index in [-0.39, 0.29) is 18.0 Å². The van der Waals surface area contributed by atoms with E-state index in [4.69, 9.17) is 14.2 Å². The minimum absolute atomic E-state index is 0.217. The fourth-order valence-corrected chi connectivity index (χ4v) is 3.40. The molecule has 0 saturated heterocycles. The molecule has 1 N–H and O–H groups in total. The van der Waals surface area contributed by atoms with Crippen LogP contribution in [0.3, 0.4) is 0 Å². The molecular weight excluding hydrogens is 408 g/mol. The van der Waals surface area contributed by atoms with Gasteiger partial charge in [0.15, 0.2) is 11.5 Å². The molecule has 168 valence electrons. The molecule has 32 heavy (non-hydrogen) atoms. The maximum atomic E-state index is 12.7. The van der Waals surface area contributed by atoms with E-state index in [1.165, 1.54) is 29.6 Å². The second kappa shape index (κ2) is 9.87. The molecule has 0 radical (unpaired) electrons. The van der Waals surface area contributed by atoms with Crippen molar-refractivity contribution >= 4 is 0 Å². The van der Waals surface area contributed by atoms with Crippen molar-refractivity contribution < 1.29 is 19.3 Å². The highest BCUT2D eigenvalue weighted by Crippen LogP contribution is 2.34. The van der Waals surface area contributed by atoms with Crippen LogP contribution < -0.4 is 19.8 Å². The Morgan fingerprint density at radius 1 is 1.06 bits per heavy atom. The predicted octanol–water partition coefficient (Wildman–Crippen LogP) is 3.53. The van der Waals surface area contributed by atoms with Gasteiger partial charge in [-0.3, -0.25) is 9.36 Å². The minimum Gasteiger partial charge on any atom is -0.493 e. The summed E-state index contributed by atoms with van der Waals surface area (Å²) in [6.45, 7) is 2.67. The van der Waals surface area contributed by atoms with Gasteiger partial charge in [-0.15, -0.1) is 0 Å². The highest BCUT2D eigenvalue weighted by atomic mass is 16.5. The molecule has 1 aliphatic carbocycles. The van der Waals surface area contributed by atoms with Gasteiger partial charge in [-0.1, -0.05) is 31.2 Å². The first kappa shape index (κ1) is 21.9. The fourth-order valence-electron chi connectivity index (χ4n) is 3.40. The molecule has 1 atom stereocenters. The number of hydrogen-bond donors (Lipinski definition) is 1. The SMILES string of the molecule is CCc1ccc(COc2cc(=O)n(-c3ccc(OCC(O)C4CC4)c(OC)c3)cn2)cc1. The molecule has 3 aromatic rings. The normalized spacial score (nSPS) is 14.1. The first-order valence-corrected chi connectivity index (χ1v) is 10.9. The van der Waals surface area contributed by atoms with Crippen molar-refractivity contribution in [3.63, 3.8) is 0 Å². The van der Waals surface area contributed by atoms with Crippen molar-refractivity contribution in [2.75, 3.05) is 13.7 Å². The molecule has 1 aromatic heterocycles. The number of benzene rings is 2. The van der Waals surface area contributed by atoms with E-state index >= 15 is 0 Å². The van der Waals surface area contributed by atoms with Crippen molar-refractivity contribution in [2.24, 2.45) is 5.92 Å². The van der Waals surface area contributed by atoms with Crippen LogP contribution in [0.2, 0.25) is 0 Å². The summed E-state index contributed by atoms with van der Waals surface area (Å²) >= 11 is 0. The van der Waals surface area contributed by atoms with Crippen molar-refractivity contribution in [3.8, 4) is 23.1 Å². The molecule has 1 unspecified atom stereocenters. The Kier molecular flexibility index (Phi) is 6.75. The predicted molar refractivity (Wildman–Crippen MR) is 121 cm³/mol. The van der Waals surface area contributed by atoms with Gasteiger partial charge in [0.2, 0.25) is 5.88 Å². The second-order valence-electron chi connectivity index (χ2n) is 7.95. The van der Waals surface area contributed by atoms with Crippen LogP contribution in [0, 0.1) is 5.92 Å². The maximum Gasteiger partial charge on any atom is 0.261 e. The van der Waals surface area contributed by atoms with Gasteiger partial charge in [-0.25, -0.2) is 4.98 Å². The lowest BCUT2D eigenvalue weighted by molar-refractivity contribution is 0.0880. The standard InChI is InChI=1S/C25H28N2O5/c1-3-17-4-6-18(7-5-17)14-32-24-13-25(29)27(16-26-24)20-10-11-22(23(12-20)30-2)31-15-21(28)19-8-9-19/h4-7,10-13,16,19,21,28H,3,8-9,14-15H2,1-2H3. The molecule has 7 heteroatoms. The minimum atomic E-state index is -0.469. The monoisotopic (exact) mass is 436 g/mol. The molecule has 1 heterocycles. The summed E-state index contributed by atoms with van der Waals surface area (Å²) in [5, 5.41) is 10.0. The number of aliphatic hydroxyl groups excluding tert-OH is 1. The number of ether oxygens (including phenoxy) is 3. The molecular formula is C25H28N2O5. The summed E-state index contributed by atoms with van der Waals surface area (Å²) in [4.78, 5) is 16.9. The number of aromatic nitrogens is 2. The molecule has 2 aromatic carbocycles. The summed E-state index contributed by atoms with van der Waals surface area (Å²) in [5.74, 6) is 1.60. The number of rotatable bonds is 10. The Morgan fingerprint density at radius 2 is 1.81 bits per heavy atom. The molecule has 1 aliphatic rings. The van der Waals surface area contributed by atoms with Gasteiger partial charge < -0.3 is 19.3 Å². The lowest BCUT2D eigenvalue weighted by Gasteiger charge is -2.15. The Labute approximate surface area is 187 Å². The molecule has 0 bridgehead atoms. The summed E-state index contributed by atoms with van der Waals surface area (Å²) < 4.78 is 18.2. The van der Waals surface area contributed by atoms with Crippen LogP contribution in [0.5, 0.6) is 17.4 Å². The Hall–Kier alpha value is -3.32. The molecule has 4 rings (SSSR count). The summed E-state index contributed by atoms with van der Waals surface area (Å²) in [5.41, 5.74) is 2.60. The molecule has 0 spiro atoms. The van der Waals surface area contributed by atoms with Gasteiger partial charge >= 0.3 is 0 Å². The molecule has 0 amide bonds. The van der Waals surface area contributed by atoms with E-state index in [1.807, 2.05) is 12.1 Å². The number of nitrogens with zero attached hydrogens (tertiary/aromatic N) is 2. The van der Waals surface area contributed by atoms with E-state index in [0.717, 1.165) is 24.8 Å². The number of aliphatic hydroxyl groups is 1. The summed E-state index contributed by atoms with van der Waals surface area (Å²) in [6.07, 6.45) is 4.04. The van der Waals surface area contributed by atoms with Crippen molar-refractivity contribution in [3.05, 3.63) is 76.3 Å². The third kappa shape index (κ3) is 5.29. The van der Waals surface area contributed by atoms with E-state index in [9.17, 15) is 9.90 Å². The lowest BCUT2D eigenvalue weighted by Crippen LogP contribution is -2.20. The average Bonchev–Trinajstić information content (AvgIpc) is 3.67. The molecule has 7 nitrogen and oxygen atoms in total. The number of methoxy groups -OCH3 is 1. The molecule has 0 aliphatic heterocycles. The van der Waals surface area contributed by atoms with Crippen molar-refractivity contribution in [2.45, 2.75) is 38.9 Å². The third-order valence-corrected chi connectivity index (χ3v) is 5.60. The van der Waals surface area contributed by atoms with Crippen LogP contribution in [0.4, 0.5) is 0 Å². The van der Waals surface area contributed by atoms with Gasteiger partial charge in [0, 0.05) is 6.07 Å². The van der Waals surface area contributed by atoms with E-state index in [2.05, 4.69) is 24.0 Å². The third-order valence-electron chi connectivity index (χ3n) is 5.60. The maximum absolute atomic E-state index is 12.7. The van der Waals surface area contributed by atoms with Crippen LogP contribution in [-0.2, 0) is 13.0 Å². The van der Waals surface area contributed by atoms with Gasteiger partial charge in [0.25, 0.3) is 5.56 Å². The first-order chi connectivity index (χ1) is 15.6. The van der Waals surface area contributed by atoms with Crippen LogP contribution in [0.15, 0.2) is 59.7 Å². The zero-order chi connectivity index (χ0) is 22.5. The number of hydrogen-bond acceptors (Lipinski definition) is 6. The fraction of sp³-hybridized carbons (Fsp3) is 0.360. The molecule has 1 saturated carbocycles. The average molecular weight is 437 g/mol. The first-order valence-electron chi connectivity index (χ1n) is 10.9. The Morgan fingerprint density at radius 3 is 2.47 bits per heavy atom. The zero-order valence-corrected chi connectivity index (χ0v) is 18.4. The number of aryl methyl sites for hydroxylation is 1. The van der Waals surface area contributed by atoms with E-state index < -0.39 is 6.10 Å². The highest BCUT2D eigenvalue weighted by Gasteiger charge is 2.30. The van der Waals surface area contributed by atoms with E-state index in [1.54, 1.807) is 18.2 Å². The lowest BCUT2D eigenvalue weighted by atomic mass is 10.1. The van der Waals surface area contributed by atoms with Crippen LogP contribution in [0.1, 0.15) is 30.9 Å². The zero-order valence-electron chi connectivity index (χ0n) is 18.4.